The standard InChI is InChI=1S/C17H12Cl2N6O3S/c18-9-1-2-11(19)10(7-9)12-8-29-17-22-15(23-25(12)17)20-13(26)3-5-24-6-4-14(27)21-16(24)28/h1-2,4,6-8H,3,5H2,(H,20,23,26)(H,21,27,28). The molecule has 9 nitrogen and oxygen atoms in total. The topological polar surface area (TPSA) is 114 Å². The lowest BCUT2D eigenvalue weighted by Gasteiger charge is -2.04. The third-order valence-electron chi connectivity index (χ3n) is 4.01. The van der Waals surface area contributed by atoms with Crippen molar-refractivity contribution in [3.8, 4) is 11.3 Å². The van der Waals surface area contributed by atoms with E-state index in [1.54, 1.807) is 22.7 Å². The highest BCUT2D eigenvalue weighted by Crippen LogP contribution is 2.33. The van der Waals surface area contributed by atoms with Gasteiger partial charge in [0.05, 0.1) is 10.7 Å². The fourth-order valence-electron chi connectivity index (χ4n) is 2.64. The summed E-state index contributed by atoms with van der Waals surface area (Å²) in [5.41, 5.74) is 0.332. The molecule has 4 rings (SSSR count). The zero-order chi connectivity index (χ0) is 20.5. The number of H-pyrrole nitrogens is 1. The quantitative estimate of drug-likeness (QED) is 0.484. The Morgan fingerprint density at radius 1 is 1.24 bits per heavy atom. The van der Waals surface area contributed by atoms with E-state index in [1.807, 2.05) is 5.38 Å². The minimum Gasteiger partial charge on any atom is -0.300 e. The Morgan fingerprint density at radius 2 is 2.07 bits per heavy atom. The SMILES string of the molecule is O=C(CCn1ccc(=O)[nH]c1=O)Nc1nc2scc(-c3cc(Cl)ccc3Cl)n2n1. The van der Waals surface area contributed by atoms with E-state index in [2.05, 4.69) is 20.4 Å². The number of halogens is 2. The number of rotatable bonds is 5. The van der Waals surface area contributed by atoms with Crippen LogP contribution in [-0.2, 0) is 11.3 Å². The van der Waals surface area contributed by atoms with Crippen LogP contribution in [0.25, 0.3) is 16.2 Å². The summed E-state index contributed by atoms with van der Waals surface area (Å²) in [7, 11) is 0. The van der Waals surface area contributed by atoms with Crippen molar-refractivity contribution in [2.45, 2.75) is 13.0 Å². The second-order valence-corrected chi connectivity index (χ2v) is 7.66. The number of nitrogens with zero attached hydrogens (tertiary/aromatic N) is 4. The molecule has 1 amide bonds. The molecule has 0 aliphatic carbocycles. The summed E-state index contributed by atoms with van der Waals surface area (Å²) >= 11 is 13.7. The Balaban J connectivity index is 1.51. The van der Waals surface area contributed by atoms with Gasteiger partial charge in [0.15, 0.2) is 0 Å². The van der Waals surface area contributed by atoms with Gasteiger partial charge < -0.3 is 4.57 Å². The minimum atomic E-state index is -0.575. The van der Waals surface area contributed by atoms with Gasteiger partial charge in [-0.3, -0.25) is 19.9 Å². The number of nitrogens with one attached hydrogen (secondary N) is 2. The molecule has 0 bridgehead atoms. The largest absolute Gasteiger partial charge is 0.328 e. The summed E-state index contributed by atoms with van der Waals surface area (Å²) in [5.74, 6) is -0.237. The van der Waals surface area contributed by atoms with Gasteiger partial charge in [-0.25, -0.2) is 9.31 Å². The van der Waals surface area contributed by atoms with Crippen molar-refractivity contribution in [3.05, 3.63) is 66.7 Å². The number of benzene rings is 1. The summed E-state index contributed by atoms with van der Waals surface area (Å²) in [6.07, 6.45) is 1.34. The van der Waals surface area contributed by atoms with Gasteiger partial charge in [-0.05, 0) is 18.2 Å². The number of aromatic amines is 1. The number of carbonyl (C=O) groups is 1. The molecule has 4 aromatic rings. The molecule has 29 heavy (non-hydrogen) atoms. The third kappa shape index (κ3) is 4.09. The third-order valence-corrected chi connectivity index (χ3v) is 5.39. The van der Waals surface area contributed by atoms with E-state index in [1.165, 1.54) is 28.2 Å². The van der Waals surface area contributed by atoms with E-state index < -0.39 is 11.2 Å². The maximum absolute atomic E-state index is 12.2. The number of carbonyl (C=O) groups excluding carboxylic acids is 1. The van der Waals surface area contributed by atoms with E-state index in [-0.39, 0.29) is 24.8 Å². The molecular weight excluding hydrogens is 439 g/mol. The summed E-state index contributed by atoms with van der Waals surface area (Å²) in [6, 6.07) is 6.33. The molecule has 0 fully saturated rings. The van der Waals surface area contributed by atoms with E-state index >= 15 is 0 Å². The van der Waals surface area contributed by atoms with Crippen molar-refractivity contribution in [3.63, 3.8) is 0 Å². The average Bonchev–Trinajstić information content (AvgIpc) is 3.23. The van der Waals surface area contributed by atoms with Crippen molar-refractivity contribution in [2.75, 3.05) is 5.32 Å². The summed E-state index contributed by atoms with van der Waals surface area (Å²) < 4.78 is 2.81. The predicted octanol–water partition coefficient (Wildman–Crippen LogP) is 2.64. The first kappa shape index (κ1) is 19.4. The van der Waals surface area contributed by atoms with Crippen LogP contribution in [0.3, 0.4) is 0 Å². The normalized spacial score (nSPS) is 11.1. The fraction of sp³-hybridized carbons (Fsp3) is 0.118. The molecule has 2 N–H and O–H groups in total. The highest BCUT2D eigenvalue weighted by molar-refractivity contribution is 7.15. The Labute approximate surface area is 176 Å². The van der Waals surface area contributed by atoms with Gasteiger partial charge in [0, 0.05) is 41.2 Å². The first-order valence-corrected chi connectivity index (χ1v) is 9.93. The Kier molecular flexibility index (Phi) is 5.22. The van der Waals surface area contributed by atoms with Crippen LogP contribution in [0.2, 0.25) is 10.0 Å². The first-order chi connectivity index (χ1) is 13.9. The van der Waals surface area contributed by atoms with Gasteiger partial charge in [0.2, 0.25) is 16.8 Å². The van der Waals surface area contributed by atoms with Crippen LogP contribution in [0.4, 0.5) is 5.95 Å². The molecule has 0 aliphatic heterocycles. The van der Waals surface area contributed by atoms with Crippen LogP contribution in [0.15, 0.2) is 45.4 Å². The lowest BCUT2D eigenvalue weighted by Crippen LogP contribution is -2.29. The number of fused-ring (bicyclic) bond motifs is 1. The number of amides is 1. The highest BCUT2D eigenvalue weighted by atomic mass is 35.5. The molecular formula is C17H12Cl2N6O3S. The zero-order valence-corrected chi connectivity index (χ0v) is 16.9. The molecule has 0 unspecified atom stereocenters. The lowest BCUT2D eigenvalue weighted by molar-refractivity contribution is -0.116. The number of thiazole rings is 1. The van der Waals surface area contributed by atoms with Gasteiger partial charge in [0.25, 0.3) is 5.56 Å². The van der Waals surface area contributed by atoms with Gasteiger partial charge in [-0.15, -0.1) is 16.4 Å². The average molecular weight is 451 g/mol. The molecule has 1 aromatic carbocycles. The Hall–Kier alpha value is -2.95. The second-order valence-electron chi connectivity index (χ2n) is 5.98. The van der Waals surface area contributed by atoms with Gasteiger partial charge in [-0.1, -0.05) is 23.2 Å². The predicted molar refractivity (Wildman–Crippen MR) is 111 cm³/mol. The van der Waals surface area contributed by atoms with Gasteiger partial charge >= 0.3 is 5.69 Å². The second kappa shape index (κ2) is 7.82. The first-order valence-electron chi connectivity index (χ1n) is 8.30. The summed E-state index contributed by atoms with van der Waals surface area (Å²) in [6.45, 7) is 0.104. The molecule has 3 aromatic heterocycles. The van der Waals surface area contributed by atoms with E-state index in [0.29, 0.717) is 26.3 Å². The van der Waals surface area contributed by atoms with Crippen LogP contribution in [0.5, 0.6) is 0 Å². The minimum absolute atomic E-state index is 0.00574. The molecule has 12 heteroatoms. The van der Waals surface area contributed by atoms with Crippen LogP contribution < -0.4 is 16.6 Å². The highest BCUT2D eigenvalue weighted by Gasteiger charge is 2.15. The van der Waals surface area contributed by atoms with Crippen molar-refractivity contribution in [2.24, 2.45) is 0 Å². The van der Waals surface area contributed by atoms with E-state index in [9.17, 15) is 14.4 Å². The fourth-order valence-corrected chi connectivity index (χ4v) is 3.85. The Bertz CT molecular complexity index is 1340. The zero-order valence-electron chi connectivity index (χ0n) is 14.6. The number of aryl methyl sites for hydroxylation is 1. The smallest absolute Gasteiger partial charge is 0.300 e. The summed E-state index contributed by atoms with van der Waals surface area (Å²) in [4.78, 5) is 41.9. The number of anilines is 1. The molecule has 0 radical (unpaired) electrons. The lowest BCUT2D eigenvalue weighted by atomic mass is 10.2. The van der Waals surface area contributed by atoms with Crippen molar-refractivity contribution < 1.29 is 4.79 Å². The van der Waals surface area contributed by atoms with Gasteiger partial charge in [0.1, 0.15) is 0 Å². The number of aromatic nitrogens is 5. The van der Waals surface area contributed by atoms with Crippen LogP contribution in [-0.4, -0.2) is 30.1 Å². The van der Waals surface area contributed by atoms with Crippen LogP contribution in [0.1, 0.15) is 6.42 Å². The van der Waals surface area contributed by atoms with Crippen molar-refractivity contribution >= 4 is 51.4 Å². The molecule has 3 heterocycles. The molecule has 148 valence electrons. The van der Waals surface area contributed by atoms with E-state index in [0.717, 1.165) is 0 Å². The van der Waals surface area contributed by atoms with Gasteiger partial charge in [-0.2, -0.15) is 4.98 Å². The molecule has 0 atom stereocenters. The van der Waals surface area contributed by atoms with Crippen molar-refractivity contribution in [1.29, 1.82) is 0 Å². The van der Waals surface area contributed by atoms with E-state index in [4.69, 9.17) is 23.2 Å². The maximum atomic E-state index is 12.2. The number of hydrogen-bond acceptors (Lipinski definition) is 6. The monoisotopic (exact) mass is 450 g/mol. The Morgan fingerprint density at radius 3 is 2.86 bits per heavy atom. The van der Waals surface area contributed by atoms with Crippen molar-refractivity contribution in [1.82, 2.24) is 24.1 Å². The summed E-state index contributed by atoms with van der Waals surface area (Å²) in [5, 5.41) is 9.81. The molecule has 0 aliphatic rings. The molecule has 0 spiro atoms. The van der Waals surface area contributed by atoms with Crippen LogP contribution >= 0.6 is 34.5 Å². The maximum Gasteiger partial charge on any atom is 0.328 e. The molecule has 0 saturated carbocycles. The van der Waals surface area contributed by atoms with Crippen LogP contribution in [0, 0.1) is 0 Å². The molecule has 0 saturated heterocycles. The number of hydrogen-bond donors (Lipinski definition) is 2.